The van der Waals surface area contributed by atoms with Gasteiger partial charge in [-0.1, -0.05) is 23.7 Å². The summed E-state index contributed by atoms with van der Waals surface area (Å²) in [6.07, 6.45) is 1.48. The fourth-order valence-electron chi connectivity index (χ4n) is 1.30. The van der Waals surface area contributed by atoms with Crippen molar-refractivity contribution < 1.29 is 9.53 Å². The molecule has 0 amide bonds. The number of benzene rings is 2. The van der Waals surface area contributed by atoms with Gasteiger partial charge in [-0.05, 0) is 36.4 Å². The molecule has 2 aromatic carbocycles. The molecule has 2 aromatic rings. The number of hydrogen-bond donors (Lipinski definition) is 0. The molecule has 0 aliphatic rings. The number of hydrogen-bond acceptors (Lipinski definition) is 3. The lowest BCUT2D eigenvalue weighted by molar-refractivity contribution is 0.483. The Morgan fingerprint density at radius 1 is 1.06 bits per heavy atom. The Bertz CT molecular complexity index is 560. The van der Waals surface area contributed by atoms with Crippen LogP contribution in [0.5, 0.6) is 11.5 Å². The van der Waals surface area contributed by atoms with Crippen LogP contribution in [0.25, 0.3) is 0 Å². The second kappa shape index (κ2) is 5.30. The molecule has 0 bridgehead atoms. The molecule has 0 spiro atoms. The first-order valence-corrected chi connectivity index (χ1v) is 5.28. The van der Waals surface area contributed by atoms with Gasteiger partial charge in [-0.2, -0.15) is 4.99 Å². The first kappa shape index (κ1) is 11.4. The molecule has 0 radical (unpaired) electrons. The first-order chi connectivity index (χ1) is 8.29. The highest BCUT2D eigenvalue weighted by Gasteiger charge is 2.01. The third-order valence-electron chi connectivity index (χ3n) is 2.08. The van der Waals surface area contributed by atoms with Gasteiger partial charge in [0.25, 0.3) is 0 Å². The summed E-state index contributed by atoms with van der Waals surface area (Å²) in [5.41, 5.74) is 0.534. The van der Waals surface area contributed by atoms with Crippen LogP contribution in [0.1, 0.15) is 0 Å². The summed E-state index contributed by atoms with van der Waals surface area (Å²) in [6, 6.07) is 13.9. The Hall–Kier alpha value is -2.09. The molecule has 3 nitrogen and oxygen atoms in total. The monoisotopic (exact) mass is 245 g/mol. The summed E-state index contributed by atoms with van der Waals surface area (Å²) >= 11 is 5.96. The standard InChI is InChI=1S/C13H8ClNO2/c14-12-3-1-2-4-13(12)17-11-7-5-10(6-8-11)15-9-16/h1-8H. The fourth-order valence-corrected chi connectivity index (χ4v) is 1.47. The van der Waals surface area contributed by atoms with E-state index in [1.807, 2.05) is 12.1 Å². The van der Waals surface area contributed by atoms with E-state index in [4.69, 9.17) is 16.3 Å². The Balaban J connectivity index is 2.19. The molecule has 0 N–H and O–H groups in total. The van der Waals surface area contributed by atoms with E-state index >= 15 is 0 Å². The van der Waals surface area contributed by atoms with Crippen molar-refractivity contribution in [2.75, 3.05) is 0 Å². The van der Waals surface area contributed by atoms with E-state index in [1.54, 1.807) is 36.4 Å². The van der Waals surface area contributed by atoms with Gasteiger partial charge in [-0.15, -0.1) is 0 Å². The molecule has 0 aliphatic carbocycles. The number of rotatable bonds is 3. The highest BCUT2D eigenvalue weighted by atomic mass is 35.5. The van der Waals surface area contributed by atoms with E-state index in [0.717, 1.165) is 0 Å². The quantitative estimate of drug-likeness (QED) is 0.603. The van der Waals surface area contributed by atoms with Crippen molar-refractivity contribution in [3.8, 4) is 11.5 Å². The van der Waals surface area contributed by atoms with Gasteiger partial charge in [0.05, 0.1) is 10.7 Å². The summed E-state index contributed by atoms with van der Waals surface area (Å²) in [4.78, 5) is 13.5. The molecular formula is C13H8ClNO2. The second-order valence-corrected chi connectivity index (χ2v) is 3.64. The average Bonchev–Trinajstić information content (AvgIpc) is 2.35. The third kappa shape index (κ3) is 2.94. The molecule has 84 valence electrons. The average molecular weight is 246 g/mol. The van der Waals surface area contributed by atoms with Crippen LogP contribution in [-0.4, -0.2) is 6.08 Å². The van der Waals surface area contributed by atoms with Gasteiger partial charge in [0.2, 0.25) is 6.08 Å². The third-order valence-corrected chi connectivity index (χ3v) is 2.39. The van der Waals surface area contributed by atoms with E-state index < -0.39 is 0 Å². The summed E-state index contributed by atoms with van der Waals surface area (Å²) in [7, 11) is 0. The van der Waals surface area contributed by atoms with E-state index in [-0.39, 0.29) is 0 Å². The van der Waals surface area contributed by atoms with Crippen LogP contribution in [0.15, 0.2) is 53.5 Å². The lowest BCUT2D eigenvalue weighted by Crippen LogP contribution is -1.84. The highest BCUT2D eigenvalue weighted by Crippen LogP contribution is 2.29. The van der Waals surface area contributed by atoms with Crippen LogP contribution in [0.3, 0.4) is 0 Å². The lowest BCUT2D eigenvalue weighted by atomic mass is 10.3. The minimum Gasteiger partial charge on any atom is -0.456 e. The topological polar surface area (TPSA) is 38.7 Å². The lowest BCUT2D eigenvalue weighted by Gasteiger charge is -2.06. The van der Waals surface area contributed by atoms with Crippen molar-refractivity contribution in [3.05, 3.63) is 53.6 Å². The summed E-state index contributed by atoms with van der Waals surface area (Å²) in [6.45, 7) is 0. The summed E-state index contributed by atoms with van der Waals surface area (Å²) in [5.74, 6) is 1.21. The van der Waals surface area contributed by atoms with Gasteiger partial charge >= 0.3 is 0 Å². The molecule has 0 heterocycles. The zero-order chi connectivity index (χ0) is 12.1. The van der Waals surface area contributed by atoms with Gasteiger partial charge in [0, 0.05) is 0 Å². The molecule has 4 heteroatoms. The van der Waals surface area contributed by atoms with Crippen molar-refractivity contribution in [2.45, 2.75) is 0 Å². The SMILES string of the molecule is O=C=Nc1ccc(Oc2ccccc2Cl)cc1. The number of nitrogens with zero attached hydrogens (tertiary/aromatic N) is 1. The van der Waals surface area contributed by atoms with Crippen LogP contribution in [0.4, 0.5) is 5.69 Å². The number of isocyanates is 1. The summed E-state index contributed by atoms with van der Waals surface area (Å²) in [5, 5.41) is 0.544. The van der Waals surface area contributed by atoms with Crippen molar-refractivity contribution in [1.29, 1.82) is 0 Å². The first-order valence-electron chi connectivity index (χ1n) is 4.90. The van der Waals surface area contributed by atoms with E-state index in [9.17, 15) is 4.79 Å². The maximum Gasteiger partial charge on any atom is 0.240 e. The number of carbonyl (C=O) groups excluding carboxylic acids is 1. The minimum absolute atomic E-state index is 0.534. The minimum atomic E-state index is 0.534. The molecule has 0 atom stereocenters. The number of aliphatic imine (C=N–C) groups is 1. The van der Waals surface area contributed by atoms with Crippen LogP contribution >= 0.6 is 11.6 Å². The van der Waals surface area contributed by atoms with E-state index in [1.165, 1.54) is 6.08 Å². The predicted molar refractivity (Wildman–Crippen MR) is 65.7 cm³/mol. The van der Waals surface area contributed by atoms with Crippen LogP contribution in [0.2, 0.25) is 5.02 Å². The molecular weight excluding hydrogens is 238 g/mol. The molecule has 2 rings (SSSR count). The van der Waals surface area contributed by atoms with Crippen LogP contribution in [-0.2, 0) is 4.79 Å². The van der Waals surface area contributed by atoms with Gasteiger partial charge in [-0.3, -0.25) is 0 Å². The maximum atomic E-state index is 10.1. The van der Waals surface area contributed by atoms with Crippen LogP contribution < -0.4 is 4.74 Å². The van der Waals surface area contributed by atoms with Gasteiger partial charge in [0.15, 0.2) is 0 Å². The maximum absolute atomic E-state index is 10.1. The Kier molecular flexibility index (Phi) is 3.55. The van der Waals surface area contributed by atoms with Crippen molar-refractivity contribution in [2.24, 2.45) is 4.99 Å². The second-order valence-electron chi connectivity index (χ2n) is 3.23. The highest BCUT2D eigenvalue weighted by molar-refractivity contribution is 6.32. The smallest absolute Gasteiger partial charge is 0.240 e. The van der Waals surface area contributed by atoms with Crippen molar-refractivity contribution in [3.63, 3.8) is 0 Å². The van der Waals surface area contributed by atoms with E-state index in [2.05, 4.69) is 4.99 Å². The fraction of sp³-hybridized carbons (Fsp3) is 0. The molecule has 17 heavy (non-hydrogen) atoms. The van der Waals surface area contributed by atoms with Crippen molar-refractivity contribution in [1.82, 2.24) is 0 Å². The number of halogens is 1. The Labute approximate surface area is 103 Å². The normalized spacial score (nSPS) is 9.47. The zero-order valence-corrected chi connectivity index (χ0v) is 9.52. The molecule has 0 aromatic heterocycles. The van der Waals surface area contributed by atoms with Gasteiger partial charge < -0.3 is 4.74 Å². The molecule has 0 fully saturated rings. The Morgan fingerprint density at radius 3 is 2.41 bits per heavy atom. The van der Waals surface area contributed by atoms with Gasteiger partial charge in [0.1, 0.15) is 11.5 Å². The van der Waals surface area contributed by atoms with Gasteiger partial charge in [-0.25, -0.2) is 4.79 Å². The largest absolute Gasteiger partial charge is 0.456 e. The van der Waals surface area contributed by atoms with Crippen molar-refractivity contribution >= 4 is 23.4 Å². The molecule has 0 saturated heterocycles. The van der Waals surface area contributed by atoms with Crippen LogP contribution in [0, 0.1) is 0 Å². The zero-order valence-electron chi connectivity index (χ0n) is 8.76. The molecule has 0 aliphatic heterocycles. The molecule has 0 saturated carbocycles. The summed E-state index contributed by atoms with van der Waals surface area (Å²) < 4.78 is 5.57. The Morgan fingerprint density at radius 2 is 1.76 bits per heavy atom. The van der Waals surface area contributed by atoms with E-state index in [0.29, 0.717) is 22.2 Å². The number of ether oxygens (including phenoxy) is 1. The predicted octanol–water partition coefficient (Wildman–Crippen LogP) is 4.10. The molecule has 0 unspecified atom stereocenters. The number of para-hydroxylation sites is 1.